The van der Waals surface area contributed by atoms with Crippen molar-refractivity contribution in [1.29, 1.82) is 0 Å². The van der Waals surface area contributed by atoms with E-state index in [9.17, 15) is 8.42 Å². The summed E-state index contributed by atoms with van der Waals surface area (Å²) in [5.41, 5.74) is -0.377. The normalized spacial score (nSPS) is 22.0. The molecule has 0 atom stereocenters. The standard InChI is InChI=1S/C7H10BrNO2S/c1-7(2,3)5-4-9-6(8)12(5,10)11/h4H,1-3H3. The number of rotatable bonds is 0. The van der Waals surface area contributed by atoms with Crippen molar-refractivity contribution in [3.63, 3.8) is 0 Å². The van der Waals surface area contributed by atoms with Crippen LogP contribution in [0.25, 0.3) is 0 Å². The Morgan fingerprint density at radius 1 is 1.42 bits per heavy atom. The molecule has 12 heavy (non-hydrogen) atoms. The average Bonchev–Trinajstić information content (AvgIpc) is 2.06. The molecule has 5 heteroatoms. The van der Waals surface area contributed by atoms with Gasteiger partial charge in [0, 0.05) is 6.20 Å². The summed E-state index contributed by atoms with van der Waals surface area (Å²) >= 11 is 2.90. The molecule has 0 unspecified atom stereocenters. The molecule has 0 aromatic carbocycles. The molecule has 1 aliphatic heterocycles. The molecule has 0 fully saturated rings. The molecule has 0 aliphatic carbocycles. The Kier molecular flexibility index (Phi) is 2.21. The van der Waals surface area contributed by atoms with Crippen molar-refractivity contribution in [2.75, 3.05) is 0 Å². The van der Waals surface area contributed by atoms with Gasteiger partial charge in [0.05, 0.1) is 4.91 Å². The first kappa shape index (κ1) is 9.92. The molecular weight excluding hydrogens is 242 g/mol. The quantitative estimate of drug-likeness (QED) is 0.662. The van der Waals surface area contributed by atoms with Crippen LogP contribution in [0.2, 0.25) is 0 Å². The molecule has 1 rings (SSSR count). The van der Waals surface area contributed by atoms with Gasteiger partial charge in [0.25, 0.3) is 0 Å². The SMILES string of the molecule is CC(C)(C)C1=CN=C(Br)S1(=O)=O. The van der Waals surface area contributed by atoms with Gasteiger partial charge in [0.15, 0.2) is 0 Å². The maximum Gasteiger partial charge on any atom is 0.228 e. The number of hydrogen-bond acceptors (Lipinski definition) is 3. The molecule has 0 saturated heterocycles. The molecule has 0 aromatic rings. The first-order valence-corrected chi connectivity index (χ1v) is 5.73. The third kappa shape index (κ3) is 1.47. The van der Waals surface area contributed by atoms with E-state index >= 15 is 0 Å². The van der Waals surface area contributed by atoms with Crippen LogP contribution in [0.4, 0.5) is 0 Å². The molecular formula is C7H10BrNO2S. The second-order valence-corrected chi connectivity index (χ2v) is 6.74. The van der Waals surface area contributed by atoms with Gasteiger partial charge in [-0.2, -0.15) is 0 Å². The third-order valence-corrected chi connectivity index (χ3v) is 4.86. The summed E-state index contributed by atoms with van der Waals surface area (Å²) < 4.78 is 23.0. The molecule has 0 radical (unpaired) electrons. The number of hydrogen-bond donors (Lipinski definition) is 0. The van der Waals surface area contributed by atoms with Gasteiger partial charge >= 0.3 is 0 Å². The first-order valence-electron chi connectivity index (χ1n) is 3.45. The maximum absolute atomic E-state index is 11.5. The summed E-state index contributed by atoms with van der Waals surface area (Å²) in [5.74, 6) is 0. The van der Waals surface area contributed by atoms with E-state index in [-0.39, 0.29) is 9.37 Å². The van der Waals surface area contributed by atoms with Gasteiger partial charge in [0.1, 0.15) is 0 Å². The zero-order valence-electron chi connectivity index (χ0n) is 7.13. The van der Waals surface area contributed by atoms with Crippen LogP contribution in [0, 0.1) is 5.41 Å². The number of allylic oxidation sites excluding steroid dienone is 1. The van der Waals surface area contributed by atoms with Crippen molar-refractivity contribution in [3.8, 4) is 0 Å². The lowest BCUT2D eigenvalue weighted by atomic mass is 9.97. The van der Waals surface area contributed by atoms with Crippen LogP contribution >= 0.6 is 15.9 Å². The van der Waals surface area contributed by atoms with E-state index in [1.54, 1.807) is 0 Å². The lowest BCUT2D eigenvalue weighted by molar-refractivity contribution is 0.517. The van der Waals surface area contributed by atoms with Crippen LogP contribution < -0.4 is 0 Å². The summed E-state index contributed by atoms with van der Waals surface area (Å²) in [6.45, 7) is 5.53. The van der Waals surface area contributed by atoms with Crippen molar-refractivity contribution in [3.05, 3.63) is 11.1 Å². The fourth-order valence-electron chi connectivity index (χ4n) is 0.936. The second-order valence-electron chi connectivity index (χ2n) is 3.63. The van der Waals surface area contributed by atoms with E-state index in [1.807, 2.05) is 20.8 Å². The minimum Gasteiger partial charge on any atom is -0.236 e. The molecule has 1 aliphatic rings. The minimum absolute atomic E-state index is 0.0138. The zero-order valence-corrected chi connectivity index (χ0v) is 9.53. The summed E-state index contributed by atoms with van der Waals surface area (Å²) in [6.07, 6.45) is 1.40. The van der Waals surface area contributed by atoms with Crippen LogP contribution in [0.3, 0.4) is 0 Å². The summed E-state index contributed by atoms with van der Waals surface area (Å²) in [7, 11) is -3.30. The smallest absolute Gasteiger partial charge is 0.228 e. The van der Waals surface area contributed by atoms with Gasteiger partial charge < -0.3 is 0 Å². The highest BCUT2D eigenvalue weighted by molar-refractivity contribution is 9.21. The molecule has 3 nitrogen and oxygen atoms in total. The summed E-state index contributed by atoms with van der Waals surface area (Å²) in [4.78, 5) is 4.08. The van der Waals surface area contributed by atoms with Gasteiger partial charge in [-0.05, 0) is 21.3 Å². The van der Waals surface area contributed by atoms with E-state index in [2.05, 4.69) is 20.9 Å². The van der Waals surface area contributed by atoms with Crippen LogP contribution in [-0.2, 0) is 9.84 Å². The Morgan fingerprint density at radius 3 is 2.08 bits per heavy atom. The van der Waals surface area contributed by atoms with Crippen LogP contribution in [-0.4, -0.2) is 12.4 Å². The molecule has 0 saturated carbocycles. The molecule has 0 N–H and O–H groups in total. The topological polar surface area (TPSA) is 46.5 Å². The lowest BCUT2D eigenvalue weighted by Gasteiger charge is -2.18. The van der Waals surface area contributed by atoms with E-state index in [4.69, 9.17) is 0 Å². The fraction of sp³-hybridized carbons (Fsp3) is 0.571. The third-order valence-electron chi connectivity index (χ3n) is 1.53. The van der Waals surface area contributed by atoms with Gasteiger partial charge in [0.2, 0.25) is 13.8 Å². The predicted octanol–water partition coefficient (Wildman–Crippen LogP) is 2.05. The largest absolute Gasteiger partial charge is 0.236 e. The van der Waals surface area contributed by atoms with Crippen molar-refractivity contribution >= 4 is 29.7 Å². The van der Waals surface area contributed by atoms with Gasteiger partial charge in [-0.15, -0.1) is 0 Å². The van der Waals surface area contributed by atoms with Crippen molar-refractivity contribution in [1.82, 2.24) is 0 Å². The fourth-order valence-corrected chi connectivity index (χ4v) is 2.93. The Morgan fingerprint density at radius 2 is 1.92 bits per heavy atom. The van der Waals surface area contributed by atoms with Gasteiger partial charge in [-0.25, -0.2) is 13.4 Å². The average molecular weight is 252 g/mol. The van der Waals surface area contributed by atoms with Gasteiger partial charge in [-0.1, -0.05) is 20.8 Å². The molecule has 68 valence electrons. The van der Waals surface area contributed by atoms with Crippen molar-refractivity contribution < 1.29 is 8.42 Å². The van der Waals surface area contributed by atoms with E-state index in [0.29, 0.717) is 4.91 Å². The highest BCUT2D eigenvalue weighted by Gasteiger charge is 2.35. The monoisotopic (exact) mass is 251 g/mol. The van der Waals surface area contributed by atoms with Crippen molar-refractivity contribution in [2.24, 2.45) is 10.4 Å². The lowest BCUT2D eigenvalue weighted by Crippen LogP contribution is -2.18. The maximum atomic E-state index is 11.5. The van der Waals surface area contributed by atoms with Crippen molar-refractivity contribution in [2.45, 2.75) is 20.8 Å². The number of sulfone groups is 1. The Labute approximate surface area is 80.6 Å². The minimum atomic E-state index is -3.30. The highest BCUT2D eigenvalue weighted by atomic mass is 79.9. The molecule has 0 aromatic heterocycles. The summed E-state index contributed by atoms with van der Waals surface area (Å²) in [5, 5.41) is 0. The Hall–Kier alpha value is -0.160. The van der Waals surface area contributed by atoms with E-state index in [0.717, 1.165) is 0 Å². The second kappa shape index (κ2) is 2.67. The Balaban J connectivity index is 3.21. The van der Waals surface area contributed by atoms with E-state index < -0.39 is 9.84 Å². The van der Waals surface area contributed by atoms with Crippen LogP contribution in [0.5, 0.6) is 0 Å². The summed E-state index contributed by atoms with van der Waals surface area (Å²) in [6, 6.07) is 0. The molecule has 1 heterocycles. The first-order chi connectivity index (χ1) is 5.26. The molecule has 0 bridgehead atoms. The predicted molar refractivity (Wildman–Crippen MR) is 52.8 cm³/mol. The highest BCUT2D eigenvalue weighted by Crippen LogP contribution is 2.35. The Bertz CT molecular complexity index is 359. The van der Waals surface area contributed by atoms with Crippen LogP contribution in [0.1, 0.15) is 20.8 Å². The number of aliphatic imine (C=N–C) groups is 1. The molecule has 0 amide bonds. The van der Waals surface area contributed by atoms with Crippen LogP contribution in [0.15, 0.2) is 16.1 Å². The van der Waals surface area contributed by atoms with E-state index in [1.165, 1.54) is 6.20 Å². The number of nitrogens with zero attached hydrogens (tertiary/aromatic N) is 1. The molecule has 0 spiro atoms. The number of halogens is 1. The zero-order chi connectivity index (χ0) is 9.57. The van der Waals surface area contributed by atoms with Gasteiger partial charge in [-0.3, -0.25) is 0 Å².